The minimum atomic E-state index is -0.308. The zero-order valence-electron chi connectivity index (χ0n) is 14.1. The number of halogens is 2. The Morgan fingerprint density at radius 3 is 2.86 bits per heavy atom. The molecule has 0 saturated heterocycles. The second-order valence-corrected chi connectivity index (χ2v) is 6.88. The third-order valence-corrected chi connectivity index (χ3v) is 4.76. The lowest BCUT2D eigenvalue weighted by atomic mass is 10.2. The molecule has 2 aromatic carbocycles. The Balaban J connectivity index is 1.48. The van der Waals surface area contributed by atoms with Crippen LogP contribution < -0.4 is 15.0 Å². The van der Waals surface area contributed by atoms with Gasteiger partial charge in [-0.05, 0) is 30.3 Å². The van der Waals surface area contributed by atoms with Gasteiger partial charge in [-0.15, -0.1) is 0 Å². The first-order valence-electron chi connectivity index (χ1n) is 8.15. The zero-order valence-corrected chi connectivity index (χ0v) is 15.6. The van der Waals surface area contributed by atoms with E-state index in [2.05, 4.69) is 15.1 Å². The summed E-state index contributed by atoms with van der Waals surface area (Å²) in [6, 6.07) is 8.41. The molecular weight excluding hydrogens is 407 g/mol. The molecule has 1 aliphatic heterocycles. The number of nitrogens with zero attached hydrogens (tertiary/aromatic N) is 4. The molecule has 2 aromatic heterocycles. The van der Waals surface area contributed by atoms with Gasteiger partial charge in [0.1, 0.15) is 6.54 Å². The lowest BCUT2D eigenvalue weighted by molar-refractivity contribution is 0.174. The molecule has 0 fully saturated rings. The predicted octanol–water partition coefficient (Wildman–Crippen LogP) is 3.53. The monoisotopic (exact) mass is 416 g/mol. The van der Waals surface area contributed by atoms with Crippen LogP contribution in [0.5, 0.6) is 11.5 Å². The van der Waals surface area contributed by atoms with Gasteiger partial charge in [0, 0.05) is 10.6 Å². The van der Waals surface area contributed by atoms with E-state index >= 15 is 0 Å². The van der Waals surface area contributed by atoms with Crippen LogP contribution in [0, 0.1) is 0 Å². The molecule has 1 aliphatic rings. The maximum atomic E-state index is 12.7. The van der Waals surface area contributed by atoms with Crippen LogP contribution in [0.15, 0.2) is 46.0 Å². The number of benzene rings is 2. The molecular formula is C18H10Cl2N4O4. The predicted molar refractivity (Wildman–Crippen MR) is 101 cm³/mol. The van der Waals surface area contributed by atoms with Crippen molar-refractivity contribution in [2.75, 3.05) is 6.79 Å². The van der Waals surface area contributed by atoms with Gasteiger partial charge >= 0.3 is 0 Å². The van der Waals surface area contributed by atoms with Gasteiger partial charge in [-0.3, -0.25) is 9.36 Å². The summed E-state index contributed by atoms with van der Waals surface area (Å²) in [5.41, 5.74) is 0.790. The molecule has 140 valence electrons. The fourth-order valence-corrected chi connectivity index (χ4v) is 3.47. The van der Waals surface area contributed by atoms with E-state index in [-0.39, 0.29) is 24.8 Å². The third-order valence-electron chi connectivity index (χ3n) is 4.25. The van der Waals surface area contributed by atoms with Crippen LogP contribution >= 0.6 is 23.2 Å². The number of ether oxygens (including phenoxy) is 2. The van der Waals surface area contributed by atoms with Gasteiger partial charge in [0.05, 0.1) is 22.3 Å². The zero-order chi connectivity index (χ0) is 19.3. The first kappa shape index (κ1) is 17.0. The van der Waals surface area contributed by atoms with Crippen molar-refractivity contribution in [2.45, 2.75) is 6.54 Å². The molecule has 0 saturated carbocycles. The van der Waals surface area contributed by atoms with E-state index in [0.717, 1.165) is 0 Å². The van der Waals surface area contributed by atoms with Crippen LogP contribution in [-0.2, 0) is 6.54 Å². The van der Waals surface area contributed by atoms with Crippen molar-refractivity contribution in [1.82, 2.24) is 19.7 Å². The highest BCUT2D eigenvalue weighted by atomic mass is 35.5. The maximum absolute atomic E-state index is 12.7. The van der Waals surface area contributed by atoms with Crippen molar-refractivity contribution in [3.63, 3.8) is 0 Å². The van der Waals surface area contributed by atoms with Gasteiger partial charge < -0.3 is 14.0 Å². The van der Waals surface area contributed by atoms with Crippen LogP contribution in [0.3, 0.4) is 0 Å². The Bertz CT molecular complexity index is 1280. The largest absolute Gasteiger partial charge is 0.454 e. The SMILES string of the molecule is O=c1c2cc(Cl)cc(Cl)c2ncn1Cc1nc(-c2ccc3c(c2)OCO3)no1. The van der Waals surface area contributed by atoms with Gasteiger partial charge in [0.2, 0.25) is 18.5 Å². The summed E-state index contributed by atoms with van der Waals surface area (Å²) in [5.74, 6) is 1.91. The highest BCUT2D eigenvalue weighted by Gasteiger charge is 2.17. The number of rotatable bonds is 3. The Kier molecular flexibility index (Phi) is 3.96. The molecule has 0 radical (unpaired) electrons. The van der Waals surface area contributed by atoms with Crippen molar-refractivity contribution in [3.05, 3.63) is 62.9 Å². The second kappa shape index (κ2) is 6.50. The van der Waals surface area contributed by atoms with Crippen LogP contribution in [0.1, 0.15) is 5.89 Å². The average molecular weight is 417 g/mol. The summed E-state index contributed by atoms with van der Waals surface area (Å²) in [6.45, 7) is 0.242. The van der Waals surface area contributed by atoms with Crippen molar-refractivity contribution in [1.29, 1.82) is 0 Å². The summed E-state index contributed by atoms with van der Waals surface area (Å²) >= 11 is 12.1. The van der Waals surface area contributed by atoms with Gasteiger partial charge in [-0.25, -0.2) is 4.98 Å². The normalized spacial score (nSPS) is 12.6. The molecule has 4 aromatic rings. The molecule has 28 heavy (non-hydrogen) atoms. The van der Waals surface area contributed by atoms with Gasteiger partial charge in [-0.1, -0.05) is 28.4 Å². The smallest absolute Gasteiger partial charge is 0.261 e. The maximum Gasteiger partial charge on any atom is 0.261 e. The molecule has 0 amide bonds. The molecule has 10 heteroatoms. The molecule has 0 atom stereocenters. The highest BCUT2D eigenvalue weighted by Crippen LogP contribution is 2.35. The highest BCUT2D eigenvalue weighted by molar-refractivity contribution is 6.38. The molecule has 0 N–H and O–H groups in total. The second-order valence-electron chi connectivity index (χ2n) is 6.04. The summed E-state index contributed by atoms with van der Waals surface area (Å²) in [7, 11) is 0. The standard InChI is InChI=1S/C18H10Cl2N4O4/c19-10-4-11-16(12(20)5-10)21-7-24(18(11)25)6-15-22-17(23-28-15)9-1-2-13-14(3-9)27-8-26-13/h1-5,7H,6,8H2. The van der Waals surface area contributed by atoms with Crippen LogP contribution in [0.4, 0.5) is 0 Å². The number of hydrogen-bond donors (Lipinski definition) is 0. The fourth-order valence-electron chi connectivity index (χ4n) is 2.93. The van der Waals surface area contributed by atoms with Crippen molar-refractivity contribution < 1.29 is 14.0 Å². The Morgan fingerprint density at radius 1 is 1.11 bits per heavy atom. The van der Waals surface area contributed by atoms with E-state index < -0.39 is 0 Å². The molecule has 3 heterocycles. The minimum absolute atomic E-state index is 0.0590. The van der Waals surface area contributed by atoms with E-state index in [1.807, 2.05) is 0 Å². The lowest BCUT2D eigenvalue weighted by Crippen LogP contribution is -2.21. The van der Waals surface area contributed by atoms with Crippen LogP contribution in [0.25, 0.3) is 22.3 Å². The van der Waals surface area contributed by atoms with E-state index in [0.29, 0.717) is 43.8 Å². The first-order chi connectivity index (χ1) is 13.6. The molecule has 0 spiro atoms. The van der Waals surface area contributed by atoms with Crippen molar-refractivity contribution in [2.24, 2.45) is 0 Å². The van der Waals surface area contributed by atoms with Crippen LogP contribution in [0.2, 0.25) is 10.0 Å². The summed E-state index contributed by atoms with van der Waals surface area (Å²) < 4.78 is 17.3. The minimum Gasteiger partial charge on any atom is -0.454 e. The van der Waals surface area contributed by atoms with Gasteiger partial charge in [0.15, 0.2) is 11.5 Å². The number of aromatic nitrogens is 4. The van der Waals surface area contributed by atoms with Gasteiger partial charge in [0.25, 0.3) is 5.56 Å². The van der Waals surface area contributed by atoms with E-state index in [1.54, 1.807) is 18.2 Å². The van der Waals surface area contributed by atoms with E-state index in [1.165, 1.54) is 23.0 Å². The van der Waals surface area contributed by atoms with E-state index in [9.17, 15) is 4.79 Å². The quantitative estimate of drug-likeness (QED) is 0.504. The number of hydrogen-bond acceptors (Lipinski definition) is 7. The van der Waals surface area contributed by atoms with Crippen molar-refractivity contribution >= 4 is 34.1 Å². The first-order valence-corrected chi connectivity index (χ1v) is 8.91. The van der Waals surface area contributed by atoms with Crippen LogP contribution in [-0.4, -0.2) is 26.5 Å². The average Bonchev–Trinajstić information content (AvgIpc) is 3.33. The molecule has 5 rings (SSSR count). The van der Waals surface area contributed by atoms with Gasteiger partial charge in [-0.2, -0.15) is 4.98 Å². The Morgan fingerprint density at radius 2 is 1.96 bits per heavy atom. The Labute approximate surface area is 167 Å². The topological polar surface area (TPSA) is 92.3 Å². The summed E-state index contributed by atoms with van der Waals surface area (Å²) in [6.07, 6.45) is 1.38. The van der Waals surface area contributed by atoms with E-state index in [4.69, 9.17) is 37.2 Å². The summed E-state index contributed by atoms with van der Waals surface area (Å²) in [5, 5.41) is 4.96. The third kappa shape index (κ3) is 2.87. The molecule has 0 aliphatic carbocycles. The lowest BCUT2D eigenvalue weighted by Gasteiger charge is -2.05. The molecule has 8 nitrogen and oxygen atoms in total. The summed E-state index contributed by atoms with van der Waals surface area (Å²) in [4.78, 5) is 21.3. The fraction of sp³-hybridized carbons (Fsp3) is 0.111. The molecule has 0 unspecified atom stereocenters. The Hall–Kier alpha value is -3.10. The molecule has 0 bridgehead atoms. The van der Waals surface area contributed by atoms with Crippen molar-refractivity contribution in [3.8, 4) is 22.9 Å². The number of fused-ring (bicyclic) bond motifs is 2.